The molecule has 19 heavy (non-hydrogen) atoms. The van der Waals surface area contributed by atoms with E-state index in [-0.39, 0.29) is 17.6 Å². The fourth-order valence-electron chi connectivity index (χ4n) is 2.42. The Hall–Kier alpha value is -1.89. The third-order valence-corrected chi connectivity index (χ3v) is 3.43. The van der Waals surface area contributed by atoms with E-state index in [4.69, 9.17) is 5.73 Å². The summed E-state index contributed by atoms with van der Waals surface area (Å²) >= 11 is 0. The number of nitrogens with zero attached hydrogens (tertiary/aromatic N) is 1. The van der Waals surface area contributed by atoms with Gasteiger partial charge in [0.25, 0.3) is 5.56 Å². The second-order valence-electron chi connectivity index (χ2n) is 4.86. The number of aromatic nitrogens is 2. The molecule has 2 rings (SSSR count). The lowest BCUT2D eigenvalue weighted by atomic mass is 9.91. The first-order valence-electron chi connectivity index (χ1n) is 6.35. The van der Waals surface area contributed by atoms with Gasteiger partial charge in [0.2, 0.25) is 5.88 Å². The van der Waals surface area contributed by atoms with Crippen molar-refractivity contribution in [2.45, 2.75) is 44.7 Å². The number of hydrogen-bond donors (Lipinski definition) is 4. The van der Waals surface area contributed by atoms with Gasteiger partial charge in [-0.05, 0) is 19.8 Å². The Morgan fingerprint density at radius 2 is 2.00 bits per heavy atom. The highest BCUT2D eigenvalue weighted by molar-refractivity contribution is 6.00. The van der Waals surface area contributed by atoms with Crippen molar-refractivity contribution >= 4 is 5.71 Å². The second kappa shape index (κ2) is 5.40. The molecular weight excluding hydrogens is 248 g/mol. The number of nitrogens with two attached hydrogens (primary N) is 1. The second-order valence-corrected chi connectivity index (χ2v) is 4.86. The molecule has 0 bridgehead atoms. The Balaban J connectivity index is 2.36. The number of aromatic amines is 2. The molecular formula is C12H18N4O3. The van der Waals surface area contributed by atoms with Gasteiger partial charge in [0.15, 0.2) is 0 Å². The average molecular weight is 266 g/mol. The molecule has 5 N–H and O–H groups in total. The molecule has 1 aromatic heterocycles. The lowest BCUT2D eigenvalue weighted by molar-refractivity contribution is 0.386. The van der Waals surface area contributed by atoms with Crippen LogP contribution in [0.5, 0.6) is 5.88 Å². The topological polar surface area (TPSA) is 124 Å². The maximum absolute atomic E-state index is 11.7. The zero-order chi connectivity index (χ0) is 14.0. The quantitative estimate of drug-likeness (QED) is 0.555. The Morgan fingerprint density at radius 1 is 1.32 bits per heavy atom. The Kier molecular flexibility index (Phi) is 3.84. The molecule has 0 aliphatic heterocycles. The number of rotatable bonds is 2. The van der Waals surface area contributed by atoms with Gasteiger partial charge in [-0.2, -0.15) is 0 Å². The molecule has 7 heteroatoms. The van der Waals surface area contributed by atoms with Crippen LogP contribution in [-0.2, 0) is 0 Å². The van der Waals surface area contributed by atoms with Crippen molar-refractivity contribution in [1.82, 2.24) is 9.97 Å². The third kappa shape index (κ3) is 2.93. The van der Waals surface area contributed by atoms with Gasteiger partial charge in [-0.3, -0.25) is 19.8 Å². The van der Waals surface area contributed by atoms with Crippen LogP contribution < -0.4 is 17.0 Å². The first-order chi connectivity index (χ1) is 8.99. The van der Waals surface area contributed by atoms with Gasteiger partial charge < -0.3 is 10.8 Å². The zero-order valence-electron chi connectivity index (χ0n) is 10.8. The molecule has 1 aliphatic carbocycles. The van der Waals surface area contributed by atoms with Crippen LogP contribution in [-0.4, -0.2) is 32.9 Å². The van der Waals surface area contributed by atoms with Crippen molar-refractivity contribution < 1.29 is 5.11 Å². The molecule has 0 radical (unpaired) electrons. The van der Waals surface area contributed by atoms with Gasteiger partial charge in [0.05, 0.1) is 11.8 Å². The van der Waals surface area contributed by atoms with E-state index in [2.05, 4.69) is 15.0 Å². The SMILES string of the molecule is CC(=NC1CCCCC1N)c1c(O)[nH]c(=O)[nH]c1=O. The van der Waals surface area contributed by atoms with Gasteiger partial charge in [-0.15, -0.1) is 0 Å². The third-order valence-electron chi connectivity index (χ3n) is 3.43. The summed E-state index contributed by atoms with van der Waals surface area (Å²) in [6.45, 7) is 1.63. The molecule has 1 aliphatic rings. The van der Waals surface area contributed by atoms with Crippen molar-refractivity contribution in [2.75, 3.05) is 0 Å². The normalized spacial score (nSPS) is 24.4. The van der Waals surface area contributed by atoms with E-state index >= 15 is 0 Å². The standard InChI is InChI=1S/C12H18N4O3/c1-6(14-8-5-3-2-4-7(8)13)9-10(17)15-12(19)16-11(9)18/h7-8H,2-5,13H2,1H3,(H3,15,16,17,18,19). The number of aliphatic imine (C=N–C) groups is 1. The highest BCUT2D eigenvalue weighted by atomic mass is 16.3. The summed E-state index contributed by atoms with van der Waals surface area (Å²) in [5, 5.41) is 9.65. The minimum Gasteiger partial charge on any atom is -0.494 e. The maximum Gasteiger partial charge on any atom is 0.328 e. The van der Waals surface area contributed by atoms with Crippen LogP contribution in [0.2, 0.25) is 0 Å². The monoisotopic (exact) mass is 266 g/mol. The van der Waals surface area contributed by atoms with Crippen LogP contribution >= 0.6 is 0 Å². The summed E-state index contributed by atoms with van der Waals surface area (Å²) in [6, 6.07) is -0.0628. The minimum atomic E-state index is -0.742. The highest BCUT2D eigenvalue weighted by Gasteiger charge is 2.22. The van der Waals surface area contributed by atoms with E-state index in [9.17, 15) is 14.7 Å². The van der Waals surface area contributed by atoms with Crippen molar-refractivity contribution in [3.63, 3.8) is 0 Å². The van der Waals surface area contributed by atoms with Gasteiger partial charge >= 0.3 is 5.69 Å². The van der Waals surface area contributed by atoms with Crippen LogP contribution in [0.3, 0.4) is 0 Å². The van der Waals surface area contributed by atoms with E-state index in [0.717, 1.165) is 25.7 Å². The highest BCUT2D eigenvalue weighted by Crippen LogP contribution is 2.20. The fraction of sp³-hybridized carbons (Fsp3) is 0.583. The number of H-pyrrole nitrogens is 2. The summed E-state index contributed by atoms with van der Waals surface area (Å²) in [4.78, 5) is 31.3. The predicted molar refractivity (Wildman–Crippen MR) is 71.8 cm³/mol. The molecule has 1 saturated carbocycles. The lowest BCUT2D eigenvalue weighted by Crippen LogP contribution is -2.37. The smallest absolute Gasteiger partial charge is 0.328 e. The largest absolute Gasteiger partial charge is 0.494 e. The van der Waals surface area contributed by atoms with Crippen LogP contribution in [0.25, 0.3) is 0 Å². The van der Waals surface area contributed by atoms with Crippen LogP contribution in [0, 0.1) is 0 Å². The molecule has 2 unspecified atom stereocenters. The van der Waals surface area contributed by atoms with Crippen molar-refractivity contribution in [2.24, 2.45) is 10.7 Å². The van der Waals surface area contributed by atoms with Gasteiger partial charge in [-0.1, -0.05) is 12.8 Å². The van der Waals surface area contributed by atoms with Gasteiger partial charge in [-0.25, -0.2) is 4.79 Å². The molecule has 1 fully saturated rings. The fourth-order valence-corrected chi connectivity index (χ4v) is 2.42. The molecule has 0 amide bonds. The molecule has 104 valence electrons. The van der Waals surface area contributed by atoms with Crippen molar-refractivity contribution in [3.8, 4) is 5.88 Å². The zero-order valence-corrected chi connectivity index (χ0v) is 10.8. The number of hydrogen-bond acceptors (Lipinski definition) is 5. The van der Waals surface area contributed by atoms with Gasteiger partial charge in [0.1, 0.15) is 5.56 Å². The van der Waals surface area contributed by atoms with E-state index in [0.29, 0.717) is 5.71 Å². The van der Waals surface area contributed by atoms with E-state index in [1.807, 2.05) is 0 Å². The first-order valence-corrected chi connectivity index (χ1v) is 6.35. The molecule has 1 heterocycles. The van der Waals surface area contributed by atoms with Crippen LogP contribution in [0.15, 0.2) is 14.6 Å². The maximum atomic E-state index is 11.7. The van der Waals surface area contributed by atoms with E-state index in [1.165, 1.54) is 0 Å². The first kappa shape index (κ1) is 13.5. The summed E-state index contributed by atoms with van der Waals surface area (Å²) in [6.07, 6.45) is 3.94. The van der Waals surface area contributed by atoms with Crippen LogP contribution in [0.1, 0.15) is 38.2 Å². The summed E-state index contributed by atoms with van der Waals surface area (Å²) < 4.78 is 0. The Morgan fingerprint density at radius 3 is 2.63 bits per heavy atom. The molecule has 7 nitrogen and oxygen atoms in total. The molecule has 0 aromatic carbocycles. The van der Waals surface area contributed by atoms with Crippen molar-refractivity contribution in [1.29, 1.82) is 0 Å². The number of nitrogens with one attached hydrogen (secondary N) is 2. The van der Waals surface area contributed by atoms with E-state index in [1.54, 1.807) is 6.92 Å². The lowest BCUT2D eigenvalue weighted by Gasteiger charge is -2.25. The minimum absolute atomic E-state index is 0.00243. The van der Waals surface area contributed by atoms with Crippen molar-refractivity contribution in [3.05, 3.63) is 26.4 Å². The Labute approximate surface area is 109 Å². The summed E-state index contributed by atoms with van der Waals surface area (Å²) in [5.74, 6) is -0.459. The van der Waals surface area contributed by atoms with Gasteiger partial charge in [0, 0.05) is 6.04 Å². The average Bonchev–Trinajstić information content (AvgIpc) is 2.30. The molecule has 0 saturated heterocycles. The molecule has 2 atom stereocenters. The Bertz CT molecular complexity index is 602. The number of aromatic hydroxyl groups is 1. The predicted octanol–water partition coefficient (Wildman–Crippen LogP) is -0.152. The summed E-state index contributed by atoms with van der Waals surface area (Å²) in [7, 11) is 0. The molecule has 1 aromatic rings. The van der Waals surface area contributed by atoms with Crippen LogP contribution in [0.4, 0.5) is 0 Å². The molecule has 0 spiro atoms. The van der Waals surface area contributed by atoms with E-state index < -0.39 is 17.1 Å². The summed E-state index contributed by atoms with van der Waals surface area (Å²) in [5.41, 5.74) is 4.99.